The molecule has 8 aromatic rings. The maximum atomic E-state index is 16.6. The fraction of sp³-hybridized carbons (Fsp3) is 0.284. The van der Waals surface area contributed by atoms with Crippen molar-refractivity contribution in [2.24, 2.45) is 0 Å². The molecule has 4 nitrogen and oxygen atoms in total. The van der Waals surface area contributed by atoms with Crippen LogP contribution >= 0.6 is 23.5 Å². The molecule has 0 saturated heterocycles. The van der Waals surface area contributed by atoms with Crippen molar-refractivity contribution in [2.45, 2.75) is 93.5 Å². The molecule has 0 bridgehead atoms. The van der Waals surface area contributed by atoms with Gasteiger partial charge < -0.3 is 18.9 Å². The van der Waals surface area contributed by atoms with E-state index in [0.717, 1.165) is 104 Å². The van der Waals surface area contributed by atoms with Crippen molar-refractivity contribution in [3.8, 4) is 45.3 Å². The van der Waals surface area contributed by atoms with Gasteiger partial charge in [-0.15, -0.1) is 23.5 Å². The molecular weight excluding hydrogens is 1050 g/mol. The number of fused-ring (bicyclic) bond motifs is 8. The lowest BCUT2D eigenvalue weighted by atomic mass is 9.71. The van der Waals surface area contributed by atoms with E-state index in [0.29, 0.717) is 46.0 Å². The van der Waals surface area contributed by atoms with E-state index < -0.39 is 38.4 Å². The maximum absolute atomic E-state index is 16.6. The van der Waals surface area contributed by atoms with Crippen LogP contribution in [-0.4, -0.2) is 53.7 Å². The van der Waals surface area contributed by atoms with E-state index in [2.05, 4.69) is 13.8 Å². The van der Waals surface area contributed by atoms with Crippen LogP contribution in [0.25, 0.3) is 65.3 Å². The summed E-state index contributed by atoms with van der Waals surface area (Å²) < 4.78 is 122. The molecule has 0 aromatic heterocycles. The summed E-state index contributed by atoms with van der Waals surface area (Å²) in [7, 11) is 0. The van der Waals surface area contributed by atoms with Crippen molar-refractivity contribution >= 4 is 66.6 Å². The normalized spacial score (nSPS) is 20.6. The van der Waals surface area contributed by atoms with Crippen LogP contribution in [0.3, 0.4) is 0 Å². The molecule has 12 rings (SSSR count). The summed E-state index contributed by atoms with van der Waals surface area (Å²) in [4.78, 5) is 0.839. The lowest BCUT2D eigenvalue weighted by molar-refractivity contribution is -0.258. The molecule has 0 spiro atoms. The van der Waals surface area contributed by atoms with Crippen LogP contribution in [0.5, 0.6) is 23.0 Å². The molecule has 1 fully saturated rings. The van der Waals surface area contributed by atoms with E-state index >= 15 is 26.3 Å². The molecule has 0 amide bonds. The van der Waals surface area contributed by atoms with Crippen molar-refractivity contribution in [3.05, 3.63) is 190 Å². The fourth-order valence-electron chi connectivity index (χ4n) is 12.1. The van der Waals surface area contributed by atoms with E-state index in [-0.39, 0.29) is 24.4 Å². The predicted molar refractivity (Wildman–Crippen MR) is 312 cm³/mol. The zero-order valence-corrected chi connectivity index (χ0v) is 45.9. The van der Waals surface area contributed by atoms with Crippen LogP contribution < -0.4 is 18.9 Å². The van der Waals surface area contributed by atoms with Crippen LogP contribution in [0.15, 0.2) is 190 Å². The van der Waals surface area contributed by atoms with Crippen LogP contribution in [0, 0.1) is 0 Å². The van der Waals surface area contributed by atoms with E-state index in [1.807, 2.05) is 146 Å². The molecule has 4 aliphatic rings. The van der Waals surface area contributed by atoms with Gasteiger partial charge in [0.25, 0.3) is 0 Å². The molecule has 0 N–H and O–H groups in total. The molecule has 2 aliphatic heterocycles. The van der Waals surface area contributed by atoms with Gasteiger partial charge >= 0.3 is 17.8 Å². The van der Waals surface area contributed by atoms with Gasteiger partial charge in [0.2, 0.25) is 0 Å². The third kappa shape index (κ3) is 8.52. The first-order valence-electron chi connectivity index (χ1n) is 27.1. The summed E-state index contributed by atoms with van der Waals surface area (Å²) in [5.74, 6) is -13.8. The van der Waals surface area contributed by atoms with E-state index in [4.69, 9.17) is 18.9 Å². The summed E-state index contributed by atoms with van der Waals surface area (Å²) >= 11 is 2.37. The highest BCUT2D eigenvalue weighted by Gasteiger charge is 2.84. The monoisotopic (exact) mass is 1100 g/mol. The fourth-order valence-corrected chi connectivity index (χ4v) is 15.1. The first kappa shape index (κ1) is 52.9. The third-order valence-electron chi connectivity index (χ3n) is 16.2. The minimum absolute atomic E-state index is 0.170. The van der Waals surface area contributed by atoms with Gasteiger partial charge in [-0.2, -0.15) is 26.3 Å². The second-order valence-corrected chi connectivity index (χ2v) is 24.2. The average Bonchev–Trinajstić information content (AvgIpc) is 2.73. The minimum Gasteiger partial charge on any atom is -0.493 e. The Labute approximate surface area is 464 Å². The van der Waals surface area contributed by atoms with Gasteiger partial charge in [-0.3, -0.25) is 0 Å². The molecule has 12 heteroatoms. The number of rotatable bonds is 18. The molecule has 8 aromatic carbocycles. The van der Waals surface area contributed by atoms with E-state index in [9.17, 15) is 0 Å². The smallest absolute Gasteiger partial charge is 0.380 e. The number of halogens is 6. The summed E-state index contributed by atoms with van der Waals surface area (Å²) in [6.45, 7) is 8.33. The number of hydrogen-bond donors (Lipinski definition) is 0. The molecular formula is C67H58F6O4S2. The second-order valence-electron chi connectivity index (χ2n) is 21.1. The van der Waals surface area contributed by atoms with Crippen LogP contribution in [0.4, 0.5) is 26.3 Å². The Kier molecular flexibility index (Phi) is 13.7. The van der Waals surface area contributed by atoms with Crippen LogP contribution in [-0.2, 0) is 0 Å². The Hall–Kier alpha value is -6.76. The second kappa shape index (κ2) is 20.4. The van der Waals surface area contributed by atoms with Gasteiger partial charge in [-0.05, 0) is 117 Å². The van der Waals surface area contributed by atoms with Gasteiger partial charge in [-0.25, -0.2) is 0 Å². The molecule has 2 aliphatic carbocycles. The number of unbranched alkanes of at least 4 members (excludes halogenated alkanes) is 4. The van der Waals surface area contributed by atoms with Crippen LogP contribution in [0.2, 0.25) is 0 Å². The Morgan fingerprint density at radius 1 is 0.380 bits per heavy atom. The molecule has 0 radical (unpaired) electrons. The Balaban J connectivity index is 0.917. The van der Waals surface area contributed by atoms with Gasteiger partial charge in [0, 0.05) is 43.2 Å². The van der Waals surface area contributed by atoms with Crippen molar-refractivity contribution in [3.63, 3.8) is 0 Å². The first-order valence-corrected chi connectivity index (χ1v) is 28.8. The van der Waals surface area contributed by atoms with Gasteiger partial charge in [-0.1, -0.05) is 161 Å². The average molecular weight is 1110 g/mol. The molecule has 1 saturated carbocycles. The highest BCUT2D eigenvalue weighted by atomic mass is 32.2. The van der Waals surface area contributed by atoms with Gasteiger partial charge in [0.05, 0.1) is 22.7 Å². The highest BCUT2D eigenvalue weighted by molar-refractivity contribution is 8.09. The quantitative estimate of drug-likeness (QED) is 0.0630. The lowest BCUT2D eigenvalue weighted by Gasteiger charge is -2.47. The Morgan fingerprint density at radius 3 is 1.00 bits per heavy atom. The zero-order valence-electron chi connectivity index (χ0n) is 44.3. The van der Waals surface area contributed by atoms with Crippen molar-refractivity contribution < 1.29 is 45.3 Å². The van der Waals surface area contributed by atoms with Gasteiger partial charge in [0.15, 0.2) is 0 Å². The Morgan fingerprint density at radius 2 is 0.684 bits per heavy atom. The molecule has 2 heterocycles. The van der Waals surface area contributed by atoms with E-state index in [1.54, 1.807) is 13.8 Å². The van der Waals surface area contributed by atoms with Crippen molar-refractivity contribution in [2.75, 3.05) is 26.4 Å². The lowest BCUT2D eigenvalue weighted by Crippen LogP contribution is -2.49. The summed E-state index contributed by atoms with van der Waals surface area (Å²) in [6, 6.07) is 47.6. The van der Waals surface area contributed by atoms with Gasteiger partial charge in [0.1, 0.15) is 36.2 Å². The topological polar surface area (TPSA) is 36.9 Å². The Bertz CT molecular complexity index is 3630. The highest BCUT2D eigenvalue weighted by Crippen LogP contribution is 2.74. The summed E-state index contributed by atoms with van der Waals surface area (Å²) in [6.07, 6.45) is 8.58. The number of ether oxygens (including phenoxy) is 4. The number of allylic oxidation sites excluding steroid dienone is 4. The molecule has 79 heavy (non-hydrogen) atoms. The molecule has 2 atom stereocenters. The predicted octanol–water partition coefficient (Wildman–Crippen LogP) is 19.5. The number of alkyl halides is 6. The SMILES string of the molecule is CCCCCOc1ccc2ccccc2c1-c1c(OCC2=CC3=C4C(=C5C=C(COc6ccc7ccccc7c6-c6c(OCCCCC)ccc7ccccc67)SC5(C)C3(C)S2)C(F)(F)C(F)(F)C4(F)F)ccc2ccccc12. The summed E-state index contributed by atoms with van der Waals surface area (Å²) in [5.41, 5.74) is -0.00730. The zero-order chi connectivity index (χ0) is 54.9. The van der Waals surface area contributed by atoms with Crippen molar-refractivity contribution in [1.29, 1.82) is 0 Å². The number of hydrogen-bond acceptors (Lipinski definition) is 6. The number of benzene rings is 8. The van der Waals surface area contributed by atoms with Crippen molar-refractivity contribution in [1.82, 2.24) is 0 Å². The number of thioether (sulfide) groups is 2. The summed E-state index contributed by atoms with van der Waals surface area (Å²) in [5, 5.41) is 7.53. The standard InChI is InChI=1S/C67H58F6O4S2/c1-5-7-17-35-74-53-31-27-41-19-9-13-23-47(41)57(53)59-49-25-15-11-21-43(49)29-33-55(59)76-39-45-37-51-61-62(66(70,71)67(72,73)65(61,68)69)52-38-46(79-64(52,4)63(51,3)78-45)40-77-56-34-30-44-22-12-16-26-50(44)60(56)58-48-24-14-10-20-42(48)28-32-54(58)75-36-18-8-6-2/h9-16,19-34,37-38H,5-8,17-18,35-36,39-40H2,1-4H3. The minimum atomic E-state index is -5.71. The van der Waals surface area contributed by atoms with E-state index in [1.165, 1.54) is 35.7 Å². The van der Waals surface area contributed by atoms with Crippen LogP contribution in [0.1, 0.15) is 66.2 Å². The molecule has 2 unspecified atom stereocenters. The maximum Gasteiger partial charge on any atom is 0.380 e. The first-order chi connectivity index (χ1) is 38.1. The third-order valence-corrected chi connectivity index (χ3v) is 19.4. The molecule has 404 valence electrons. The largest absolute Gasteiger partial charge is 0.493 e.